The van der Waals surface area contributed by atoms with Crippen molar-refractivity contribution in [2.24, 2.45) is 7.05 Å². The number of halogens is 3. The van der Waals surface area contributed by atoms with Gasteiger partial charge >= 0.3 is 6.18 Å². The van der Waals surface area contributed by atoms with Gasteiger partial charge in [-0.3, -0.25) is 0 Å². The second-order valence-corrected chi connectivity index (χ2v) is 5.01. The van der Waals surface area contributed by atoms with Crippen LogP contribution in [0.15, 0.2) is 24.3 Å². The van der Waals surface area contributed by atoms with Crippen LogP contribution < -0.4 is 10.5 Å². The molecule has 0 saturated heterocycles. The van der Waals surface area contributed by atoms with E-state index in [2.05, 4.69) is 5.10 Å². The summed E-state index contributed by atoms with van der Waals surface area (Å²) in [6.07, 6.45) is -4.42. The van der Waals surface area contributed by atoms with Crippen LogP contribution in [0.25, 0.3) is 0 Å². The highest BCUT2D eigenvalue weighted by atomic mass is 19.4. The van der Waals surface area contributed by atoms with Crippen molar-refractivity contribution in [3.8, 4) is 11.6 Å². The van der Waals surface area contributed by atoms with E-state index in [1.54, 1.807) is 7.05 Å². The van der Waals surface area contributed by atoms with Crippen LogP contribution in [-0.2, 0) is 13.2 Å². The van der Waals surface area contributed by atoms with Gasteiger partial charge in [0.25, 0.3) is 0 Å². The van der Waals surface area contributed by atoms with Gasteiger partial charge in [-0.25, -0.2) is 4.68 Å². The van der Waals surface area contributed by atoms with Crippen molar-refractivity contribution in [3.05, 3.63) is 35.5 Å². The summed E-state index contributed by atoms with van der Waals surface area (Å²) in [6.45, 7) is 3.85. The molecule has 0 aliphatic rings. The molecular weight excluding hydrogens is 283 g/mol. The van der Waals surface area contributed by atoms with Crippen molar-refractivity contribution < 1.29 is 17.9 Å². The third-order valence-corrected chi connectivity index (χ3v) is 2.98. The number of aryl methyl sites for hydroxylation is 1. The zero-order chi connectivity index (χ0) is 15.8. The maximum absolute atomic E-state index is 12.7. The molecule has 2 aromatic rings. The molecule has 0 saturated carbocycles. The first-order valence-corrected chi connectivity index (χ1v) is 6.37. The molecule has 0 aliphatic heterocycles. The minimum absolute atomic E-state index is 0.0647. The fraction of sp³-hybridized carbons (Fsp3) is 0.357. The van der Waals surface area contributed by atoms with E-state index in [4.69, 9.17) is 10.5 Å². The highest BCUT2D eigenvalue weighted by molar-refractivity contribution is 5.55. The van der Waals surface area contributed by atoms with E-state index in [1.807, 2.05) is 13.8 Å². The molecule has 7 heteroatoms. The van der Waals surface area contributed by atoms with E-state index in [1.165, 1.54) is 16.8 Å². The number of hydrogen-bond donors (Lipinski definition) is 1. The number of benzene rings is 1. The van der Waals surface area contributed by atoms with Gasteiger partial charge in [-0.2, -0.15) is 18.3 Å². The lowest BCUT2D eigenvalue weighted by molar-refractivity contribution is -0.137. The summed E-state index contributed by atoms with van der Waals surface area (Å²) in [5, 5.41) is 4.22. The molecule has 1 heterocycles. The number of nitrogen functional groups attached to an aromatic ring is 1. The molecule has 0 fully saturated rings. The molecule has 2 rings (SSSR count). The number of anilines is 1. The Bertz CT molecular complexity index is 647. The summed E-state index contributed by atoms with van der Waals surface area (Å²) in [7, 11) is 1.63. The number of nitrogens with two attached hydrogens (primary N) is 1. The molecule has 0 atom stereocenters. The monoisotopic (exact) mass is 299 g/mol. The van der Waals surface area contributed by atoms with E-state index in [0.29, 0.717) is 11.4 Å². The minimum atomic E-state index is -4.42. The smallest absolute Gasteiger partial charge is 0.416 e. The molecule has 0 bridgehead atoms. The highest BCUT2D eigenvalue weighted by Crippen LogP contribution is 2.35. The average Bonchev–Trinajstić information content (AvgIpc) is 2.66. The third kappa shape index (κ3) is 3.12. The van der Waals surface area contributed by atoms with Crippen molar-refractivity contribution in [1.29, 1.82) is 0 Å². The Hall–Kier alpha value is -2.18. The van der Waals surface area contributed by atoms with Crippen LogP contribution in [0.4, 0.5) is 18.9 Å². The van der Waals surface area contributed by atoms with E-state index in [0.717, 1.165) is 12.1 Å². The SMILES string of the molecule is CC(C)c1nn(C)c(Oc2cccc(C(F)(F)F)c2)c1N. The van der Waals surface area contributed by atoms with Gasteiger partial charge in [0, 0.05) is 7.05 Å². The van der Waals surface area contributed by atoms with Crippen LogP contribution >= 0.6 is 0 Å². The second kappa shape index (κ2) is 5.31. The minimum Gasteiger partial charge on any atom is -0.437 e. The first kappa shape index (κ1) is 15.2. The molecule has 21 heavy (non-hydrogen) atoms. The normalized spacial score (nSPS) is 12.0. The first-order valence-electron chi connectivity index (χ1n) is 6.37. The number of alkyl halides is 3. The third-order valence-electron chi connectivity index (χ3n) is 2.98. The number of nitrogens with zero attached hydrogens (tertiary/aromatic N) is 2. The molecule has 0 aliphatic carbocycles. The molecule has 1 aromatic heterocycles. The highest BCUT2D eigenvalue weighted by Gasteiger charge is 2.30. The lowest BCUT2D eigenvalue weighted by atomic mass is 10.1. The summed E-state index contributed by atoms with van der Waals surface area (Å²) in [6, 6.07) is 4.64. The topological polar surface area (TPSA) is 53.1 Å². The van der Waals surface area contributed by atoms with Crippen LogP contribution in [0, 0.1) is 0 Å². The molecule has 0 unspecified atom stereocenters. The number of hydrogen-bond acceptors (Lipinski definition) is 3. The quantitative estimate of drug-likeness (QED) is 0.934. The Labute approximate surface area is 120 Å². The van der Waals surface area contributed by atoms with Gasteiger partial charge < -0.3 is 10.5 Å². The molecule has 4 nitrogen and oxygen atoms in total. The Morgan fingerprint density at radius 2 is 1.95 bits per heavy atom. The first-order chi connectivity index (χ1) is 9.70. The van der Waals surface area contributed by atoms with Gasteiger partial charge in [-0.15, -0.1) is 0 Å². The average molecular weight is 299 g/mol. The van der Waals surface area contributed by atoms with Gasteiger partial charge in [-0.05, 0) is 24.1 Å². The zero-order valence-corrected chi connectivity index (χ0v) is 11.9. The Balaban J connectivity index is 2.35. The molecule has 1 aromatic carbocycles. The summed E-state index contributed by atoms with van der Waals surface area (Å²) < 4.78 is 44.9. The van der Waals surface area contributed by atoms with Gasteiger partial charge in [0.1, 0.15) is 11.4 Å². The van der Waals surface area contributed by atoms with E-state index >= 15 is 0 Å². The Morgan fingerprint density at radius 3 is 2.48 bits per heavy atom. The van der Waals surface area contributed by atoms with E-state index in [-0.39, 0.29) is 17.5 Å². The summed E-state index contributed by atoms with van der Waals surface area (Å²) in [5.74, 6) is 0.392. The second-order valence-electron chi connectivity index (χ2n) is 5.01. The van der Waals surface area contributed by atoms with Crippen molar-refractivity contribution in [2.75, 3.05) is 5.73 Å². The summed E-state index contributed by atoms with van der Waals surface area (Å²) in [4.78, 5) is 0. The van der Waals surface area contributed by atoms with Gasteiger partial charge in [-0.1, -0.05) is 19.9 Å². The Kier molecular flexibility index (Phi) is 3.85. The fourth-order valence-corrected chi connectivity index (χ4v) is 1.94. The van der Waals surface area contributed by atoms with Crippen LogP contribution in [0.2, 0.25) is 0 Å². The largest absolute Gasteiger partial charge is 0.437 e. The lowest BCUT2D eigenvalue weighted by Crippen LogP contribution is -2.05. The predicted octanol–water partition coefficient (Wildman–Crippen LogP) is 3.94. The molecular formula is C14H16F3N3O. The predicted molar refractivity (Wildman–Crippen MR) is 73.2 cm³/mol. The fourth-order valence-electron chi connectivity index (χ4n) is 1.94. The van der Waals surface area contributed by atoms with Crippen molar-refractivity contribution >= 4 is 5.69 Å². The van der Waals surface area contributed by atoms with E-state index in [9.17, 15) is 13.2 Å². The van der Waals surface area contributed by atoms with Crippen molar-refractivity contribution in [1.82, 2.24) is 9.78 Å². The molecule has 0 amide bonds. The van der Waals surface area contributed by atoms with Crippen LogP contribution in [0.1, 0.15) is 31.0 Å². The van der Waals surface area contributed by atoms with Crippen LogP contribution in [0.3, 0.4) is 0 Å². The number of ether oxygens (including phenoxy) is 1. The maximum atomic E-state index is 12.7. The van der Waals surface area contributed by atoms with E-state index < -0.39 is 11.7 Å². The van der Waals surface area contributed by atoms with Crippen LogP contribution in [0.5, 0.6) is 11.6 Å². The van der Waals surface area contributed by atoms with Crippen molar-refractivity contribution in [3.63, 3.8) is 0 Å². The zero-order valence-electron chi connectivity index (χ0n) is 11.9. The Morgan fingerprint density at radius 1 is 1.29 bits per heavy atom. The number of rotatable bonds is 3. The van der Waals surface area contributed by atoms with Crippen LogP contribution in [-0.4, -0.2) is 9.78 Å². The molecule has 0 radical (unpaired) electrons. The molecule has 2 N–H and O–H groups in total. The van der Waals surface area contributed by atoms with Gasteiger partial charge in [0.05, 0.1) is 11.3 Å². The standard InChI is InChI=1S/C14H16F3N3O/c1-8(2)12-11(18)13(20(3)19-12)21-10-6-4-5-9(7-10)14(15,16)17/h4-8H,18H2,1-3H3. The van der Waals surface area contributed by atoms with Gasteiger partial charge in [0.2, 0.25) is 5.88 Å². The molecule has 0 spiro atoms. The maximum Gasteiger partial charge on any atom is 0.416 e. The van der Waals surface area contributed by atoms with Crippen molar-refractivity contribution in [2.45, 2.75) is 25.9 Å². The summed E-state index contributed by atoms with van der Waals surface area (Å²) >= 11 is 0. The molecule has 114 valence electrons. The lowest BCUT2D eigenvalue weighted by Gasteiger charge is -2.10. The van der Waals surface area contributed by atoms with Gasteiger partial charge in [0.15, 0.2) is 0 Å². The summed E-state index contributed by atoms with van der Waals surface area (Å²) in [5.41, 5.74) is 6.16. The number of aromatic nitrogens is 2.